The summed E-state index contributed by atoms with van der Waals surface area (Å²) in [6.45, 7) is 0. The first-order valence-corrected chi connectivity index (χ1v) is 18.5. The summed E-state index contributed by atoms with van der Waals surface area (Å²) in [5.74, 6) is 0. The molecule has 1 aliphatic carbocycles. The first kappa shape index (κ1) is 29.9. The molecule has 9 aromatic carbocycles. The maximum Gasteiger partial charge on any atom is 0.263 e. The zero-order chi connectivity index (χ0) is 35.0. The van der Waals surface area contributed by atoms with Crippen LogP contribution < -0.4 is 5.56 Å². The molecule has 2 nitrogen and oxygen atoms in total. The maximum atomic E-state index is 14.0. The van der Waals surface area contributed by atoms with Crippen molar-refractivity contribution in [2.24, 2.45) is 0 Å². The van der Waals surface area contributed by atoms with Crippen molar-refractivity contribution in [3.8, 4) is 22.3 Å². The molecule has 0 radical (unpaired) electrons. The van der Waals surface area contributed by atoms with E-state index in [0.717, 1.165) is 45.8 Å². The fraction of sp³-hybridized carbons (Fsp3) is 0.0392. The second-order valence-corrected chi connectivity index (χ2v) is 14.3. The fourth-order valence-electron chi connectivity index (χ4n) is 8.99. The van der Waals surface area contributed by atoms with Crippen LogP contribution in [0.25, 0.3) is 103 Å². The topological polar surface area (TPSA) is 22.0 Å². The van der Waals surface area contributed by atoms with Crippen molar-refractivity contribution >= 4 is 81.2 Å². The Morgan fingerprint density at radius 2 is 1.04 bits per heavy atom. The molecule has 0 N–H and O–H groups in total. The molecule has 11 rings (SSSR count). The first-order chi connectivity index (χ1) is 26.2. The number of rotatable bonds is 3. The van der Waals surface area contributed by atoms with Crippen LogP contribution in [0.3, 0.4) is 0 Å². The summed E-state index contributed by atoms with van der Waals surface area (Å²) in [5, 5.41) is 15.2. The lowest BCUT2D eigenvalue weighted by Gasteiger charge is -2.20. The van der Waals surface area contributed by atoms with E-state index in [2.05, 4.69) is 158 Å². The Balaban J connectivity index is 1.21. The van der Waals surface area contributed by atoms with Gasteiger partial charge >= 0.3 is 0 Å². The van der Waals surface area contributed by atoms with Crippen LogP contribution in [-0.2, 0) is 0 Å². The van der Waals surface area contributed by atoms with Gasteiger partial charge in [-0.1, -0.05) is 140 Å². The molecule has 53 heavy (non-hydrogen) atoms. The summed E-state index contributed by atoms with van der Waals surface area (Å²) in [4.78, 5) is 14.0. The van der Waals surface area contributed by atoms with E-state index < -0.39 is 0 Å². The van der Waals surface area contributed by atoms with Crippen LogP contribution in [0.15, 0.2) is 181 Å². The Bertz CT molecular complexity index is 3250. The molecule has 0 spiro atoms. The van der Waals surface area contributed by atoms with E-state index in [9.17, 15) is 4.79 Å². The number of allylic oxidation sites excluding steroid dienone is 4. The minimum Gasteiger partial charge on any atom is -0.277 e. The number of pyridine rings is 1. The highest BCUT2D eigenvalue weighted by Gasteiger charge is 2.20. The van der Waals surface area contributed by atoms with Crippen molar-refractivity contribution < 1.29 is 0 Å². The van der Waals surface area contributed by atoms with Gasteiger partial charge in [0.1, 0.15) is 0 Å². The van der Waals surface area contributed by atoms with Crippen molar-refractivity contribution in [2.75, 3.05) is 0 Å². The van der Waals surface area contributed by atoms with Gasteiger partial charge in [0.2, 0.25) is 0 Å². The van der Waals surface area contributed by atoms with E-state index in [4.69, 9.17) is 0 Å². The molecule has 1 heterocycles. The molecule has 0 fully saturated rings. The van der Waals surface area contributed by atoms with Crippen LogP contribution in [-0.4, -0.2) is 4.57 Å². The SMILES string of the molecule is O=c1c2ccccc2c2cc(-c3c4ccccc4c(-c4cccc5c4ccc4cc6ccccc6cc45)c4ccccc34)ccc2n1C1=CCCC=C1. The van der Waals surface area contributed by atoms with Crippen LogP contribution in [0, 0.1) is 0 Å². The van der Waals surface area contributed by atoms with Crippen LogP contribution >= 0.6 is 0 Å². The molecular weight excluding hydrogens is 643 g/mol. The minimum absolute atomic E-state index is 0.0231. The predicted molar refractivity (Wildman–Crippen MR) is 227 cm³/mol. The zero-order valence-corrected chi connectivity index (χ0v) is 29.0. The number of hydrogen-bond acceptors (Lipinski definition) is 1. The van der Waals surface area contributed by atoms with Crippen LogP contribution in [0.2, 0.25) is 0 Å². The van der Waals surface area contributed by atoms with Gasteiger partial charge in [-0.2, -0.15) is 0 Å². The van der Waals surface area contributed by atoms with Crippen molar-refractivity contribution in [3.63, 3.8) is 0 Å². The Morgan fingerprint density at radius 1 is 0.415 bits per heavy atom. The third kappa shape index (κ3) is 4.49. The highest BCUT2D eigenvalue weighted by Crippen LogP contribution is 2.46. The lowest BCUT2D eigenvalue weighted by atomic mass is 9.84. The van der Waals surface area contributed by atoms with Gasteiger partial charge in [-0.3, -0.25) is 9.36 Å². The van der Waals surface area contributed by atoms with E-state index in [1.54, 1.807) is 0 Å². The first-order valence-electron chi connectivity index (χ1n) is 18.5. The Morgan fingerprint density at radius 3 is 1.75 bits per heavy atom. The summed E-state index contributed by atoms with van der Waals surface area (Å²) in [7, 11) is 0. The number of benzene rings is 9. The molecule has 1 aromatic heterocycles. The van der Waals surface area contributed by atoms with Crippen LogP contribution in [0.1, 0.15) is 12.8 Å². The summed E-state index contributed by atoms with van der Waals surface area (Å²) in [5.41, 5.74) is 6.72. The van der Waals surface area contributed by atoms with Gasteiger partial charge in [-0.05, 0) is 131 Å². The largest absolute Gasteiger partial charge is 0.277 e. The number of aromatic nitrogens is 1. The van der Waals surface area contributed by atoms with Gasteiger partial charge in [0.05, 0.1) is 5.52 Å². The molecule has 0 saturated heterocycles. The number of nitrogens with zero attached hydrogens (tertiary/aromatic N) is 1. The maximum absolute atomic E-state index is 14.0. The monoisotopic (exact) mass is 675 g/mol. The lowest BCUT2D eigenvalue weighted by molar-refractivity contribution is 0.998. The molecule has 0 unspecified atom stereocenters. The van der Waals surface area contributed by atoms with Crippen molar-refractivity contribution in [1.29, 1.82) is 0 Å². The molecule has 0 atom stereocenters. The van der Waals surface area contributed by atoms with Crippen molar-refractivity contribution in [2.45, 2.75) is 12.8 Å². The molecule has 0 bridgehead atoms. The van der Waals surface area contributed by atoms with Gasteiger partial charge < -0.3 is 0 Å². The van der Waals surface area contributed by atoms with E-state index >= 15 is 0 Å². The van der Waals surface area contributed by atoms with Gasteiger partial charge in [0, 0.05) is 16.5 Å². The standard InChI is InChI=1S/C51H33NO/c53-51-45-22-11-6-17-38(45)47-31-35(26-28-48(47)52(51)36-15-2-1-3-16-36)49-41-18-7-9-20-43(41)50(44-21-10-8-19-42(44)49)40-24-12-23-37-39(40)27-25-34-29-32-13-4-5-14-33(32)30-46(34)37/h2,4-31H,1,3H2. The van der Waals surface area contributed by atoms with Gasteiger partial charge in [0.25, 0.3) is 5.56 Å². The molecule has 0 aliphatic heterocycles. The minimum atomic E-state index is 0.0231. The summed E-state index contributed by atoms with van der Waals surface area (Å²) in [6.07, 6.45) is 8.36. The smallest absolute Gasteiger partial charge is 0.263 e. The molecule has 10 aromatic rings. The fourth-order valence-corrected chi connectivity index (χ4v) is 8.99. The molecule has 0 amide bonds. The summed E-state index contributed by atoms with van der Waals surface area (Å²) < 4.78 is 1.91. The average molecular weight is 676 g/mol. The molecular formula is C51H33NO. The van der Waals surface area contributed by atoms with Crippen molar-refractivity contribution in [1.82, 2.24) is 4.57 Å². The normalized spacial score (nSPS) is 13.2. The van der Waals surface area contributed by atoms with E-state index in [0.29, 0.717) is 0 Å². The van der Waals surface area contributed by atoms with E-state index in [1.165, 1.54) is 70.6 Å². The van der Waals surface area contributed by atoms with Gasteiger partial charge in [-0.15, -0.1) is 0 Å². The Hall–Kier alpha value is -6.77. The Kier molecular flexibility index (Phi) is 6.56. The molecule has 248 valence electrons. The highest BCUT2D eigenvalue weighted by molar-refractivity contribution is 6.25. The van der Waals surface area contributed by atoms with Gasteiger partial charge in [0.15, 0.2) is 0 Å². The quantitative estimate of drug-likeness (QED) is 0.135. The summed E-state index contributed by atoms with van der Waals surface area (Å²) >= 11 is 0. The second kappa shape index (κ2) is 11.6. The van der Waals surface area contributed by atoms with E-state index in [1.807, 2.05) is 22.8 Å². The van der Waals surface area contributed by atoms with Crippen LogP contribution in [0.4, 0.5) is 0 Å². The lowest BCUT2D eigenvalue weighted by Crippen LogP contribution is -2.20. The number of hydrogen-bond donors (Lipinski definition) is 0. The molecule has 2 heteroatoms. The average Bonchev–Trinajstić information content (AvgIpc) is 3.22. The highest BCUT2D eigenvalue weighted by atomic mass is 16.1. The molecule has 1 aliphatic rings. The van der Waals surface area contributed by atoms with Gasteiger partial charge in [-0.25, -0.2) is 0 Å². The van der Waals surface area contributed by atoms with E-state index in [-0.39, 0.29) is 5.56 Å². The van der Waals surface area contributed by atoms with Crippen molar-refractivity contribution in [3.05, 3.63) is 186 Å². The third-order valence-corrected chi connectivity index (χ3v) is 11.4. The third-order valence-electron chi connectivity index (χ3n) is 11.4. The summed E-state index contributed by atoms with van der Waals surface area (Å²) in [6, 6.07) is 57.1. The Labute approximate surface area is 306 Å². The molecule has 0 saturated carbocycles. The second-order valence-electron chi connectivity index (χ2n) is 14.3. The zero-order valence-electron chi connectivity index (χ0n) is 29.0. The number of fused-ring (bicyclic) bond motifs is 9. The predicted octanol–water partition coefficient (Wildman–Crippen LogP) is 13.4. The van der Waals surface area contributed by atoms with Crippen LogP contribution in [0.5, 0.6) is 0 Å².